The second-order valence-electron chi connectivity index (χ2n) is 9.08. The fourth-order valence-electron chi connectivity index (χ4n) is 5.11. The van der Waals surface area contributed by atoms with Gasteiger partial charge in [0.2, 0.25) is 0 Å². The third kappa shape index (κ3) is 4.74. The largest absolute Gasteiger partial charge is 0.464 e. The summed E-state index contributed by atoms with van der Waals surface area (Å²) in [5.74, 6) is 1.78. The predicted molar refractivity (Wildman–Crippen MR) is 121 cm³/mol. The van der Waals surface area contributed by atoms with Crippen LogP contribution in [0, 0.1) is 25.7 Å². The molecule has 2 saturated heterocycles. The molecular weight excluding hydrogens is 388 g/mol. The number of fused-ring (bicyclic) bond motifs is 1. The fraction of sp³-hybridized carbons (Fsp3) is 0.560. The Morgan fingerprint density at radius 3 is 2.26 bits per heavy atom. The molecule has 4 rings (SSSR count). The summed E-state index contributed by atoms with van der Waals surface area (Å²) in [5, 5.41) is 0. The van der Waals surface area contributed by atoms with E-state index in [1.54, 1.807) is 0 Å². The summed E-state index contributed by atoms with van der Waals surface area (Å²) in [5.41, 5.74) is 3.46. The van der Waals surface area contributed by atoms with Crippen molar-refractivity contribution in [3.8, 4) is 6.01 Å². The minimum absolute atomic E-state index is 0.0664. The van der Waals surface area contributed by atoms with E-state index in [0.717, 1.165) is 32.7 Å². The van der Waals surface area contributed by atoms with Gasteiger partial charge in [-0.1, -0.05) is 37.3 Å². The Balaban J connectivity index is 1.32. The summed E-state index contributed by atoms with van der Waals surface area (Å²) in [7, 11) is 0. The van der Waals surface area contributed by atoms with Gasteiger partial charge >= 0.3 is 6.01 Å². The van der Waals surface area contributed by atoms with E-state index in [-0.39, 0.29) is 5.91 Å². The zero-order chi connectivity index (χ0) is 22.0. The van der Waals surface area contributed by atoms with Crippen LogP contribution < -0.4 is 4.74 Å². The van der Waals surface area contributed by atoms with Crippen molar-refractivity contribution in [2.75, 3.05) is 39.3 Å². The highest BCUT2D eigenvalue weighted by Gasteiger charge is 2.42. The maximum absolute atomic E-state index is 13.2. The molecule has 2 aromatic rings. The number of hydrogen-bond acceptors (Lipinski definition) is 5. The molecule has 0 radical (unpaired) electrons. The molecule has 0 N–H and O–H groups in total. The lowest BCUT2D eigenvalue weighted by Gasteiger charge is -2.23. The van der Waals surface area contributed by atoms with Crippen molar-refractivity contribution in [3.05, 3.63) is 52.8 Å². The molecule has 3 atom stereocenters. The van der Waals surface area contributed by atoms with Crippen LogP contribution in [0.15, 0.2) is 30.3 Å². The second-order valence-corrected chi connectivity index (χ2v) is 9.08. The lowest BCUT2D eigenvalue weighted by Crippen LogP contribution is -2.34. The first-order valence-corrected chi connectivity index (χ1v) is 11.5. The number of rotatable bonds is 7. The van der Waals surface area contributed by atoms with Crippen LogP contribution in [0.1, 0.15) is 53.5 Å². The number of likely N-dealkylation sites (tertiary alicyclic amines) is 2. The minimum Gasteiger partial charge on any atom is -0.464 e. The molecule has 3 heterocycles. The summed E-state index contributed by atoms with van der Waals surface area (Å²) in [6, 6.07) is 11.1. The number of amides is 1. The molecule has 31 heavy (non-hydrogen) atoms. The second kappa shape index (κ2) is 9.35. The van der Waals surface area contributed by atoms with Crippen LogP contribution in [0.25, 0.3) is 0 Å². The van der Waals surface area contributed by atoms with Gasteiger partial charge in [-0.3, -0.25) is 4.79 Å². The van der Waals surface area contributed by atoms with Crippen molar-refractivity contribution in [1.82, 2.24) is 19.8 Å². The van der Waals surface area contributed by atoms with E-state index in [1.165, 1.54) is 12.0 Å². The van der Waals surface area contributed by atoms with E-state index in [2.05, 4.69) is 52.1 Å². The van der Waals surface area contributed by atoms with Gasteiger partial charge in [-0.05, 0) is 57.1 Å². The van der Waals surface area contributed by atoms with Crippen LogP contribution in [0.2, 0.25) is 0 Å². The molecule has 0 bridgehead atoms. The van der Waals surface area contributed by atoms with Crippen molar-refractivity contribution in [3.63, 3.8) is 0 Å². The fourth-order valence-corrected chi connectivity index (χ4v) is 5.11. The van der Waals surface area contributed by atoms with Gasteiger partial charge in [0.25, 0.3) is 5.91 Å². The van der Waals surface area contributed by atoms with Crippen LogP contribution in [-0.4, -0.2) is 65.0 Å². The summed E-state index contributed by atoms with van der Waals surface area (Å²) >= 11 is 0. The minimum atomic E-state index is 0.0664. The Labute approximate surface area is 185 Å². The first kappa shape index (κ1) is 21.8. The zero-order valence-electron chi connectivity index (χ0n) is 19.2. The van der Waals surface area contributed by atoms with Gasteiger partial charge < -0.3 is 14.5 Å². The molecule has 2 aliphatic rings. The molecule has 0 saturated carbocycles. The zero-order valence-corrected chi connectivity index (χ0v) is 19.2. The van der Waals surface area contributed by atoms with Gasteiger partial charge in [0, 0.05) is 26.2 Å². The van der Waals surface area contributed by atoms with E-state index in [4.69, 9.17) is 4.74 Å². The van der Waals surface area contributed by atoms with Crippen LogP contribution >= 0.6 is 0 Å². The Morgan fingerprint density at radius 2 is 1.68 bits per heavy atom. The molecule has 6 heteroatoms. The molecule has 1 aromatic heterocycles. The van der Waals surface area contributed by atoms with Gasteiger partial charge in [0.1, 0.15) is 0 Å². The molecule has 2 unspecified atom stereocenters. The molecule has 0 aliphatic carbocycles. The maximum Gasteiger partial charge on any atom is 0.316 e. The number of aromatic nitrogens is 2. The summed E-state index contributed by atoms with van der Waals surface area (Å²) < 4.78 is 5.42. The number of ether oxygens (including phenoxy) is 1. The Morgan fingerprint density at radius 1 is 1.06 bits per heavy atom. The van der Waals surface area contributed by atoms with Crippen molar-refractivity contribution in [2.24, 2.45) is 11.8 Å². The first-order valence-electron chi connectivity index (χ1n) is 11.5. The number of hydrogen-bond donors (Lipinski definition) is 0. The number of carbonyl (C=O) groups excluding carboxylic acids is 1. The first-order chi connectivity index (χ1) is 15.0. The smallest absolute Gasteiger partial charge is 0.316 e. The maximum atomic E-state index is 13.2. The summed E-state index contributed by atoms with van der Waals surface area (Å²) in [4.78, 5) is 26.6. The normalized spacial score (nSPS) is 21.9. The van der Waals surface area contributed by atoms with Crippen molar-refractivity contribution in [1.29, 1.82) is 0 Å². The third-order valence-corrected chi connectivity index (χ3v) is 6.83. The molecule has 2 fully saturated rings. The van der Waals surface area contributed by atoms with Crippen LogP contribution in [0.3, 0.4) is 0 Å². The lowest BCUT2D eigenvalue weighted by atomic mass is 9.98. The van der Waals surface area contributed by atoms with Crippen LogP contribution in [0.5, 0.6) is 6.01 Å². The van der Waals surface area contributed by atoms with Crippen LogP contribution in [0.4, 0.5) is 0 Å². The Bertz CT molecular complexity index is 880. The van der Waals surface area contributed by atoms with Gasteiger partial charge in [-0.25, -0.2) is 0 Å². The van der Waals surface area contributed by atoms with Gasteiger partial charge in [0.05, 0.1) is 23.6 Å². The highest BCUT2D eigenvalue weighted by atomic mass is 16.5. The highest BCUT2D eigenvalue weighted by molar-refractivity contribution is 5.96. The van der Waals surface area contributed by atoms with E-state index in [9.17, 15) is 4.79 Å². The Kier molecular flexibility index (Phi) is 6.56. The van der Waals surface area contributed by atoms with Gasteiger partial charge in [-0.15, -0.1) is 0 Å². The molecular formula is C25H34N4O2. The molecule has 1 amide bonds. The number of aryl methyl sites for hydroxylation is 2. The molecule has 166 valence electrons. The van der Waals surface area contributed by atoms with Crippen LogP contribution in [-0.2, 0) is 0 Å². The van der Waals surface area contributed by atoms with E-state index in [1.807, 2.05) is 25.7 Å². The van der Waals surface area contributed by atoms with E-state index >= 15 is 0 Å². The number of nitrogens with zero attached hydrogens (tertiary/aromatic N) is 4. The monoisotopic (exact) mass is 422 g/mol. The molecule has 0 spiro atoms. The third-order valence-electron chi connectivity index (χ3n) is 6.83. The quantitative estimate of drug-likeness (QED) is 0.681. The van der Waals surface area contributed by atoms with Gasteiger partial charge in [0.15, 0.2) is 0 Å². The van der Waals surface area contributed by atoms with E-state index in [0.29, 0.717) is 47.3 Å². The molecule has 1 aromatic carbocycles. The SMILES string of the molecule is CCOc1nc(C)c(C(=O)N2CC3CN(CC[C@@H](C)c4ccccc4)CC3C2)c(C)n1. The summed E-state index contributed by atoms with van der Waals surface area (Å²) in [6.45, 7) is 13.5. The lowest BCUT2D eigenvalue weighted by molar-refractivity contribution is 0.0771. The Hall–Kier alpha value is -2.47. The van der Waals surface area contributed by atoms with E-state index < -0.39 is 0 Å². The predicted octanol–water partition coefficient (Wildman–Crippen LogP) is 3.69. The average Bonchev–Trinajstić information content (AvgIpc) is 3.31. The topological polar surface area (TPSA) is 58.6 Å². The van der Waals surface area contributed by atoms with Gasteiger partial charge in [-0.2, -0.15) is 9.97 Å². The van der Waals surface area contributed by atoms with Crippen molar-refractivity contribution >= 4 is 5.91 Å². The molecule has 6 nitrogen and oxygen atoms in total. The standard InChI is InChI=1S/C25H34N4O2/c1-5-31-25-26-18(3)23(19(4)27-25)24(30)29-15-21-13-28(14-22(21)16-29)12-11-17(2)20-9-7-6-8-10-20/h6-10,17,21-22H,5,11-16H2,1-4H3/t17-,21?,22?/m1/s1. The number of carbonyl (C=O) groups is 1. The molecule has 2 aliphatic heterocycles. The number of benzene rings is 1. The van der Waals surface area contributed by atoms with Crippen molar-refractivity contribution in [2.45, 2.75) is 40.0 Å². The highest BCUT2D eigenvalue weighted by Crippen LogP contribution is 2.33. The average molecular weight is 423 g/mol. The summed E-state index contributed by atoms with van der Waals surface area (Å²) in [6.07, 6.45) is 1.17. The van der Waals surface area contributed by atoms with Crippen molar-refractivity contribution < 1.29 is 9.53 Å².